The van der Waals surface area contributed by atoms with E-state index in [4.69, 9.17) is 5.11 Å². The number of piperazine rings is 1. The lowest BCUT2D eigenvalue weighted by molar-refractivity contribution is -0.274. The van der Waals surface area contributed by atoms with E-state index in [0.717, 1.165) is 0 Å². The fourth-order valence-electron chi connectivity index (χ4n) is 3.63. The third-order valence-corrected chi connectivity index (χ3v) is 5.26. The van der Waals surface area contributed by atoms with E-state index >= 15 is 0 Å². The average molecular weight is 479 g/mol. The number of ether oxygens (including phenoxy) is 1. The fraction of sp³-hybridized carbons (Fsp3) is 0.348. The van der Waals surface area contributed by atoms with Crippen molar-refractivity contribution in [2.75, 3.05) is 31.1 Å². The summed E-state index contributed by atoms with van der Waals surface area (Å²) in [5, 5.41) is 11.4. The summed E-state index contributed by atoms with van der Waals surface area (Å²) in [7, 11) is 0. The van der Waals surface area contributed by atoms with Crippen molar-refractivity contribution in [2.24, 2.45) is 0 Å². The average Bonchev–Trinajstić information content (AvgIpc) is 2.80. The molecule has 2 aromatic carbocycles. The van der Waals surface area contributed by atoms with E-state index in [1.54, 1.807) is 41.3 Å². The highest BCUT2D eigenvalue weighted by molar-refractivity contribution is 5.89. The lowest BCUT2D eigenvalue weighted by atomic mass is 10.0. The molecule has 0 radical (unpaired) electrons. The molecule has 2 amide bonds. The SMILES string of the molecule is O=C(O)CCC(=O)NC(C(=O)N1CCN(c2cccc(OC(F)(F)F)c2)CC1)c1ccccc1. The molecule has 3 rings (SSSR count). The number of rotatable bonds is 8. The Bertz CT molecular complexity index is 1010. The molecule has 1 unspecified atom stereocenters. The minimum Gasteiger partial charge on any atom is -0.481 e. The number of carboxylic acid groups (broad SMARTS) is 1. The molecule has 2 aromatic rings. The van der Waals surface area contributed by atoms with Crippen LogP contribution in [0.3, 0.4) is 0 Å². The van der Waals surface area contributed by atoms with Crippen LogP contribution in [-0.2, 0) is 14.4 Å². The minimum atomic E-state index is -4.79. The second kappa shape index (κ2) is 10.9. The molecule has 1 atom stereocenters. The van der Waals surface area contributed by atoms with Crippen LogP contribution in [0, 0.1) is 0 Å². The molecule has 0 spiro atoms. The van der Waals surface area contributed by atoms with Crippen LogP contribution in [0.4, 0.5) is 18.9 Å². The van der Waals surface area contributed by atoms with Crippen molar-refractivity contribution < 1.29 is 37.4 Å². The van der Waals surface area contributed by atoms with Crippen LogP contribution >= 0.6 is 0 Å². The molecule has 34 heavy (non-hydrogen) atoms. The first-order chi connectivity index (χ1) is 16.1. The Morgan fingerprint density at radius 1 is 0.971 bits per heavy atom. The van der Waals surface area contributed by atoms with Crippen LogP contribution in [0.15, 0.2) is 54.6 Å². The number of carbonyl (C=O) groups excluding carboxylic acids is 2. The molecule has 0 bridgehead atoms. The van der Waals surface area contributed by atoms with Gasteiger partial charge in [-0.2, -0.15) is 0 Å². The summed E-state index contributed by atoms with van der Waals surface area (Å²) >= 11 is 0. The third-order valence-electron chi connectivity index (χ3n) is 5.26. The Morgan fingerprint density at radius 3 is 2.26 bits per heavy atom. The first-order valence-corrected chi connectivity index (χ1v) is 10.6. The topological polar surface area (TPSA) is 99.2 Å². The van der Waals surface area contributed by atoms with Crippen molar-refractivity contribution in [1.82, 2.24) is 10.2 Å². The van der Waals surface area contributed by atoms with Gasteiger partial charge < -0.3 is 25.0 Å². The number of hydrogen-bond acceptors (Lipinski definition) is 5. The Hall–Kier alpha value is -3.76. The van der Waals surface area contributed by atoms with E-state index in [2.05, 4.69) is 10.1 Å². The highest BCUT2D eigenvalue weighted by Crippen LogP contribution is 2.27. The number of nitrogens with one attached hydrogen (secondary N) is 1. The molecule has 1 heterocycles. The summed E-state index contributed by atoms with van der Waals surface area (Å²) in [6, 6.07) is 13.3. The number of nitrogens with zero attached hydrogens (tertiary/aromatic N) is 2. The molecule has 8 nitrogen and oxygen atoms in total. The third kappa shape index (κ3) is 7.12. The number of carbonyl (C=O) groups is 3. The Morgan fingerprint density at radius 2 is 1.65 bits per heavy atom. The lowest BCUT2D eigenvalue weighted by Crippen LogP contribution is -2.52. The largest absolute Gasteiger partial charge is 0.573 e. The number of amides is 2. The van der Waals surface area contributed by atoms with E-state index in [-0.39, 0.29) is 37.6 Å². The van der Waals surface area contributed by atoms with E-state index in [1.807, 2.05) is 4.90 Å². The standard InChI is InChI=1S/C23H24F3N3O5/c24-23(25,26)34-18-8-4-7-17(15-18)28-11-13-29(14-12-28)22(33)21(16-5-2-1-3-6-16)27-19(30)9-10-20(31)32/h1-8,15,21H,9-14H2,(H,27,30)(H,31,32). The molecule has 182 valence electrons. The smallest absolute Gasteiger partial charge is 0.481 e. The monoisotopic (exact) mass is 479 g/mol. The first kappa shape index (κ1) is 24.9. The van der Waals surface area contributed by atoms with Crippen LogP contribution < -0.4 is 15.0 Å². The number of halogens is 3. The Kier molecular flexibility index (Phi) is 7.98. The van der Waals surface area contributed by atoms with Gasteiger partial charge in [-0.3, -0.25) is 14.4 Å². The summed E-state index contributed by atoms with van der Waals surface area (Å²) in [6.45, 7) is 1.32. The van der Waals surface area contributed by atoms with Crippen molar-refractivity contribution in [3.8, 4) is 5.75 Å². The molecule has 0 aromatic heterocycles. The van der Waals surface area contributed by atoms with Gasteiger partial charge in [0.05, 0.1) is 6.42 Å². The fourth-order valence-corrected chi connectivity index (χ4v) is 3.63. The van der Waals surface area contributed by atoms with Gasteiger partial charge in [0.25, 0.3) is 0 Å². The molecular weight excluding hydrogens is 455 g/mol. The molecule has 1 aliphatic heterocycles. The predicted molar refractivity (Wildman–Crippen MR) is 116 cm³/mol. The van der Waals surface area contributed by atoms with Gasteiger partial charge in [-0.05, 0) is 17.7 Å². The second-order valence-electron chi connectivity index (χ2n) is 7.66. The molecule has 2 N–H and O–H groups in total. The van der Waals surface area contributed by atoms with Gasteiger partial charge >= 0.3 is 12.3 Å². The number of aliphatic carboxylic acids is 1. The number of alkyl halides is 3. The van der Waals surface area contributed by atoms with Crippen molar-refractivity contribution in [1.29, 1.82) is 0 Å². The van der Waals surface area contributed by atoms with Gasteiger partial charge in [-0.25, -0.2) is 0 Å². The normalized spacial score (nSPS) is 14.9. The molecule has 1 saturated heterocycles. The van der Waals surface area contributed by atoms with Gasteiger partial charge in [0, 0.05) is 44.4 Å². The highest BCUT2D eigenvalue weighted by Gasteiger charge is 2.32. The number of carboxylic acids is 1. The molecule has 0 aliphatic carbocycles. The second-order valence-corrected chi connectivity index (χ2v) is 7.66. The van der Waals surface area contributed by atoms with Gasteiger partial charge in [0.15, 0.2) is 0 Å². The quantitative estimate of drug-likeness (QED) is 0.604. The predicted octanol–water partition coefficient (Wildman–Crippen LogP) is 2.96. The maximum atomic E-state index is 13.3. The first-order valence-electron chi connectivity index (χ1n) is 10.6. The van der Waals surface area contributed by atoms with Crippen molar-refractivity contribution in [3.05, 3.63) is 60.2 Å². The summed E-state index contributed by atoms with van der Waals surface area (Å²) in [5.41, 5.74) is 1.10. The van der Waals surface area contributed by atoms with Gasteiger partial charge in [-0.1, -0.05) is 36.4 Å². The summed E-state index contributed by atoms with van der Waals surface area (Å²) < 4.78 is 41.5. The van der Waals surface area contributed by atoms with Crippen molar-refractivity contribution in [2.45, 2.75) is 25.2 Å². The van der Waals surface area contributed by atoms with Crippen molar-refractivity contribution >= 4 is 23.5 Å². The molecule has 11 heteroatoms. The molecule has 0 saturated carbocycles. The van der Waals surface area contributed by atoms with Crippen LogP contribution in [-0.4, -0.2) is 60.3 Å². The number of hydrogen-bond donors (Lipinski definition) is 2. The van der Waals surface area contributed by atoms with Gasteiger partial charge in [-0.15, -0.1) is 13.2 Å². The summed E-state index contributed by atoms with van der Waals surface area (Å²) in [4.78, 5) is 39.7. The van der Waals surface area contributed by atoms with E-state index in [0.29, 0.717) is 24.3 Å². The van der Waals surface area contributed by atoms with Gasteiger partial charge in [0.1, 0.15) is 11.8 Å². The van der Waals surface area contributed by atoms with Gasteiger partial charge in [0.2, 0.25) is 11.8 Å². The van der Waals surface area contributed by atoms with E-state index in [9.17, 15) is 27.6 Å². The summed E-state index contributed by atoms with van der Waals surface area (Å²) in [6.07, 6.45) is -5.39. The number of benzene rings is 2. The zero-order chi connectivity index (χ0) is 24.7. The summed E-state index contributed by atoms with van der Waals surface area (Å²) in [5.74, 6) is -2.33. The van der Waals surface area contributed by atoms with Crippen LogP contribution in [0.1, 0.15) is 24.4 Å². The zero-order valence-electron chi connectivity index (χ0n) is 18.1. The highest BCUT2D eigenvalue weighted by atomic mass is 19.4. The van der Waals surface area contributed by atoms with Crippen molar-refractivity contribution in [3.63, 3.8) is 0 Å². The minimum absolute atomic E-state index is 0.254. The molecule has 1 aliphatic rings. The zero-order valence-corrected chi connectivity index (χ0v) is 18.1. The Balaban J connectivity index is 1.66. The van der Waals surface area contributed by atoms with E-state index in [1.165, 1.54) is 18.2 Å². The van der Waals surface area contributed by atoms with E-state index < -0.39 is 24.3 Å². The van der Waals surface area contributed by atoms with Crippen LogP contribution in [0.2, 0.25) is 0 Å². The maximum Gasteiger partial charge on any atom is 0.573 e. The van der Waals surface area contributed by atoms with Crippen LogP contribution in [0.5, 0.6) is 5.75 Å². The molecule has 1 fully saturated rings. The van der Waals surface area contributed by atoms with Crippen LogP contribution in [0.25, 0.3) is 0 Å². The lowest BCUT2D eigenvalue weighted by Gasteiger charge is -2.37. The maximum absolute atomic E-state index is 13.3. The molecular formula is C23H24F3N3O5. The Labute approximate surface area is 193 Å². The number of anilines is 1.